The Hall–Kier alpha value is -2.53. The summed E-state index contributed by atoms with van der Waals surface area (Å²) >= 11 is 0. The highest BCUT2D eigenvalue weighted by Crippen LogP contribution is 2.49. The zero-order valence-electron chi connectivity index (χ0n) is 13.6. The summed E-state index contributed by atoms with van der Waals surface area (Å²) in [5.41, 5.74) is 1.94. The van der Waals surface area contributed by atoms with E-state index in [1.54, 1.807) is 6.07 Å². The van der Waals surface area contributed by atoms with E-state index in [-0.39, 0.29) is 23.7 Å². The van der Waals surface area contributed by atoms with Crippen LogP contribution in [0.25, 0.3) is 0 Å². The van der Waals surface area contributed by atoms with E-state index in [4.69, 9.17) is 4.74 Å². The predicted molar refractivity (Wildman–Crippen MR) is 89.4 cm³/mol. The van der Waals surface area contributed by atoms with Gasteiger partial charge in [0.1, 0.15) is 0 Å². The lowest BCUT2D eigenvalue weighted by Gasteiger charge is -2.28. The number of aromatic hydroxyl groups is 1. The number of carbonyl (C=O) groups is 1. The highest BCUT2D eigenvalue weighted by Gasteiger charge is 2.47. The van der Waals surface area contributed by atoms with Crippen LogP contribution in [0.3, 0.4) is 0 Å². The quantitative estimate of drug-likeness (QED) is 0.943. The van der Waals surface area contributed by atoms with Gasteiger partial charge in [-0.15, -0.1) is 0 Å². The molecule has 5 nitrogen and oxygen atoms in total. The molecule has 0 bridgehead atoms. The predicted octanol–water partition coefficient (Wildman–Crippen LogP) is 3.04. The number of carbonyl (C=O) groups excluding carboxylic acids is 1. The second-order valence-corrected chi connectivity index (χ2v) is 6.23. The second kappa shape index (κ2) is 5.83. The minimum atomic E-state index is -0.166. The number of hydrogen-bond donors (Lipinski definition) is 1. The molecule has 1 N–H and O–H groups in total. The summed E-state index contributed by atoms with van der Waals surface area (Å²) in [5.74, 6) is 0.674. The fourth-order valence-electron chi connectivity index (χ4n) is 3.88. The molecule has 124 valence electrons. The maximum atomic E-state index is 12.5. The Kier molecular flexibility index (Phi) is 3.65. The molecule has 4 rings (SSSR count). The van der Waals surface area contributed by atoms with Crippen molar-refractivity contribution >= 4 is 5.91 Å². The van der Waals surface area contributed by atoms with E-state index in [0.29, 0.717) is 12.2 Å². The molecule has 5 heteroatoms. The summed E-state index contributed by atoms with van der Waals surface area (Å²) in [6, 6.07) is 15.7. The average molecular weight is 324 g/mol. The van der Waals surface area contributed by atoms with Crippen LogP contribution >= 0.6 is 0 Å². The summed E-state index contributed by atoms with van der Waals surface area (Å²) in [7, 11) is 1.54. The molecule has 2 heterocycles. The van der Waals surface area contributed by atoms with E-state index in [2.05, 4.69) is 17.1 Å². The van der Waals surface area contributed by atoms with Gasteiger partial charge in [0, 0.05) is 18.5 Å². The van der Waals surface area contributed by atoms with Crippen molar-refractivity contribution in [2.75, 3.05) is 13.7 Å². The Morgan fingerprint density at radius 1 is 1.08 bits per heavy atom. The summed E-state index contributed by atoms with van der Waals surface area (Å²) in [4.78, 5) is 12.5. The SMILES string of the molecule is COc1cccc([C@H]2C[C@@H](c3ccccc3)N3CCC(=O)N23)c1O. The molecule has 2 aromatic carbocycles. The maximum absolute atomic E-state index is 12.5. The Morgan fingerprint density at radius 3 is 2.62 bits per heavy atom. The van der Waals surface area contributed by atoms with Gasteiger partial charge in [-0.2, -0.15) is 0 Å². The molecule has 0 spiro atoms. The molecule has 0 aromatic heterocycles. The molecule has 2 aliphatic heterocycles. The van der Waals surface area contributed by atoms with Gasteiger partial charge >= 0.3 is 0 Å². The minimum Gasteiger partial charge on any atom is -0.504 e. The van der Waals surface area contributed by atoms with Gasteiger partial charge in [0.05, 0.1) is 19.2 Å². The van der Waals surface area contributed by atoms with Gasteiger partial charge in [-0.1, -0.05) is 42.5 Å². The number of amides is 1. The van der Waals surface area contributed by atoms with E-state index in [0.717, 1.165) is 18.5 Å². The van der Waals surface area contributed by atoms with Crippen LogP contribution in [0, 0.1) is 0 Å². The molecule has 2 fully saturated rings. The summed E-state index contributed by atoms with van der Waals surface area (Å²) < 4.78 is 5.23. The van der Waals surface area contributed by atoms with Gasteiger partial charge in [0.15, 0.2) is 11.5 Å². The van der Waals surface area contributed by atoms with Crippen molar-refractivity contribution in [1.29, 1.82) is 0 Å². The average Bonchev–Trinajstić information content (AvgIpc) is 3.17. The van der Waals surface area contributed by atoms with Crippen molar-refractivity contribution in [3.63, 3.8) is 0 Å². The number of fused-ring (bicyclic) bond motifs is 1. The summed E-state index contributed by atoms with van der Waals surface area (Å²) in [5, 5.41) is 14.5. The molecule has 2 aromatic rings. The van der Waals surface area contributed by atoms with Crippen LogP contribution in [0.1, 0.15) is 36.1 Å². The number of rotatable bonds is 3. The normalized spacial score (nSPS) is 23.5. The van der Waals surface area contributed by atoms with Crippen molar-refractivity contribution < 1.29 is 14.6 Å². The molecule has 1 amide bonds. The lowest BCUT2D eigenvalue weighted by Crippen LogP contribution is -2.35. The molecular weight excluding hydrogens is 304 g/mol. The van der Waals surface area contributed by atoms with Crippen LogP contribution in [-0.4, -0.2) is 34.7 Å². The fourth-order valence-corrected chi connectivity index (χ4v) is 3.88. The van der Waals surface area contributed by atoms with Crippen LogP contribution in [0.2, 0.25) is 0 Å². The number of hydrazine groups is 1. The molecule has 2 aliphatic rings. The van der Waals surface area contributed by atoms with Crippen LogP contribution in [0.15, 0.2) is 48.5 Å². The van der Waals surface area contributed by atoms with Crippen molar-refractivity contribution in [1.82, 2.24) is 10.0 Å². The first-order valence-corrected chi connectivity index (χ1v) is 8.20. The highest BCUT2D eigenvalue weighted by atomic mass is 16.5. The summed E-state index contributed by atoms with van der Waals surface area (Å²) in [6.45, 7) is 0.722. The Labute approximate surface area is 141 Å². The van der Waals surface area contributed by atoms with Crippen LogP contribution in [0.5, 0.6) is 11.5 Å². The van der Waals surface area contributed by atoms with Crippen molar-refractivity contribution in [3.8, 4) is 11.5 Å². The number of para-hydroxylation sites is 1. The van der Waals surface area contributed by atoms with Crippen LogP contribution in [-0.2, 0) is 4.79 Å². The number of ether oxygens (including phenoxy) is 1. The monoisotopic (exact) mass is 324 g/mol. The zero-order valence-corrected chi connectivity index (χ0v) is 13.6. The number of nitrogens with zero attached hydrogens (tertiary/aromatic N) is 2. The highest BCUT2D eigenvalue weighted by molar-refractivity contribution is 5.79. The number of hydrogen-bond acceptors (Lipinski definition) is 4. The number of phenolic OH excluding ortho intramolecular Hbond substituents is 1. The largest absolute Gasteiger partial charge is 0.504 e. The molecule has 0 aliphatic carbocycles. The number of phenols is 1. The van der Waals surface area contributed by atoms with Gasteiger partial charge in [-0.25, -0.2) is 5.01 Å². The van der Waals surface area contributed by atoms with Gasteiger partial charge < -0.3 is 9.84 Å². The van der Waals surface area contributed by atoms with Crippen molar-refractivity contribution in [2.24, 2.45) is 0 Å². The molecule has 2 atom stereocenters. The number of benzene rings is 2. The fraction of sp³-hybridized carbons (Fsp3) is 0.316. The lowest BCUT2D eigenvalue weighted by molar-refractivity contribution is -0.138. The Morgan fingerprint density at radius 2 is 1.88 bits per heavy atom. The van der Waals surface area contributed by atoms with E-state index in [1.165, 1.54) is 12.7 Å². The van der Waals surface area contributed by atoms with Crippen molar-refractivity contribution in [2.45, 2.75) is 24.9 Å². The molecule has 2 saturated heterocycles. The van der Waals surface area contributed by atoms with Gasteiger partial charge in [0.2, 0.25) is 5.91 Å². The van der Waals surface area contributed by atoms with E-state index < -0.39 is 0 Å². The molecule has 0 unspecified atom stereocenters. The molecule has 24 heavy (non-hydrogen) atoms. The third-order valence-corrected chi connectivity index (χ3v) is 4.98. The van der Waals surface area contributed by atoms with E-state index >= 15 is 0 Å². The first kappa shape index (κ1) is 15.0. The summed E-state index contributed by atoms with van der Waals surface area (Å²) in [6.07, 6.45) is 1.28. The first-order chi connectivity index (χ1) is 11.7. The third kappa shape index (κ3) is 2.24. The van der Waals surface area contributed by atoms with Crippen LogP contribution < -0.4 is 4.74 Å². The van der Waals surface area contributed by atoms with Gasteiger partial charge in [-0.3, -0.25) is 9.80 Å². The number of methoxy groups -OCH3 is 1. The first-order valence-electron chi connectivity index (χ1n) is 8.20. The maximum Gasteiger partial charge on any atom is 0.238 e. The molecule has 0 saturated carbocycles. The molecular formula is C19H20N2O3. The minimum absolute atomic E-state index is 0.112. The van der Waals surface area contributed by atoms with E-state index in [9.17, 15) is 9.90 Å². The van der Waals surface area contributed by atoms with Gasteiger partial charge in [-0.05, 0) is 18.1 Å². The lowest BCUT2D eigenvalue weighted by atomic mass is 9.95. The smallest absolute Gasteiger partial charge is 0.238 e. The Bertz CT molecular complexity index is 762. The second-order valence-electron chi connectivity index (χ2n) is 6.23. The van der Waals surface area contributed by atoms with Crippen LogP contribution in [0.4, 0.5) is 0 Å². The topological polar surface area (TPSA) is 53.0 Å². The zero-order chi connectivity index (χ0) is 16.7. The van der Waals surface area contributed by atoms with E-state index in [1.807, 2.05) is 35.3 Å². The standard InChI is InChI=1S/C19H20N2O3/c1-24-17-9-5-8-14(19(17)23)16-12-15(13-6-3-2-4-7-13)20-11-10-18(22)21(16)20/h2-9,15-16,23H,10-12H2,1H3/t15-,16+/m0/s1. The Balaban J connectivity index is 1.75. The third-order valence-electron chi connectivity index (χ3n) is 4.98. The molecule has 0 radical (unpaired) electrons. The van der Waals surface area contributed by atoms with Crippen molar-refractivity contribution in [3.05, 3.63) is 59.7 Å². The van der Waals surface area contributed by atoms with Gasteiger partial charge in [0.25, 0.3) is 0 Å².